The van der Waals surface area contributed by atoms with Crippen LogP contribution in [-0.2, 0) is 17.4 Å². The molecule has 0 spiro atoms. The minimum absolute atomic E-state index is 0.108. The second kappa shape index (κ2) is 9.26. The van der Waals surface area contributed by atoms with E-state index in [2.05, 4.69) is 0 Å². The van der Waals surface area contributed by atoms with Crippen molar-refractivity contribution in [3.05, 3.63) is 70.0 Å². The summed E-state index contributed by atoms with van der Waals surface area (Å²) < 4.78 is 52.0. The molecule has 1 unspecified atom stereocenters. The predicted octanol–water partition coefficient (Wildman–Crippen LogP) is 4.66. The fourth-order valence-corrected chi connectivity index (χ4v) is 3.72. The summed E-state index contributed by atoms with van der Waals surface area (Å²) in [7, 11) is 0. The number of carbonyl (C=O) groups excluding carboxylic acids is 2. The number of amides is 2. The van der Waals surface area contributed by atoms with E-state index in [1.807, 2.05) is 0 Å². The van der Waals surface area contributed by atoms with Gasteiger partial charge in [0.2, 0.25) is 5.91 Å². The molecule has 166 valence electrons. The summed E-state index contributed by atoms with van der Waals surface area (Å²) in [6.45, 7) is 2.82. The van der Waals surface area contributed by atoms with Crippen molar-refractivity contribution in [2.75, 3.05) is 26.2 Å². The van der Waals surface area contributed by atoms with Gasteiger partial charge in [-0.05, 0) is 42.3 Å². The first-order valence-electron chi connectivity index (χ1n) is 9.75. The first-order chi connectivity index (χ1) is 14.6. The highest BCUT2D eigenvalue weighted by Crippen LogP contribution is 2.29. The molecule has 1 atom stereocenters. The van der Waals surface area contributed by atoms with Crippen molar-refractivity contribution in [2.45, 2.75) is 19.5 Å². The number of hydrogen-bond donors (Lipinski definition) is 0. The Morgan fingerprint density at radius 2 is 1.58 bits per heavy atom. The van der Waals surface area contributed by atoms with Crippen LogP contribution >= 0.6 is 11.6 Å². The molecule has 3 rings (SSSR count). The molecule has 1 saturated heterocycles. The average molecular weight is 457 g/mol. The molecule has 0 N–H and O–H groups in total. The minimum Gasteiger partial charge on any atom is -0.339 e. The fourth-order valence-electron chi connectivity index (χ4n) is 3.54. The highest BCUT2D eigenvalue weighted by atomic mass is 35.5. The lowest BCUT2D eigenvalue weighted by atomic mass is 9.98. The molecule has 1 fully saturated rings. The lowest BCUT2D eigenvalue weighted by molar-refractivity contribution is -0.138. The number of halogens is 5. The number of alkyl halides is 3. The summed E-state index contributed by atoms with van der Waals surface area (Å²) in [4.78, 5) is 28.4. The predicted molar refractivity (Wildman–Crippen MR) is 108 cm³/mol. The molecule has 0 saturated carbocycles. The van der Waals surface area contributed by atoms with Crippen LogP contribution in [0, 0.1) is 11.7 Å². The van der Waals surface area contributed by atoms with E-state index in [1.165, 1.54) is 29.2 Å². The zero-order chi connectivity index (χ0) is 22.8. The van der Waals surface area contributed by atoms with Crippen LogP contribution < -0.4 is 0 Å². The van der Waals surface area contributed by atoms with Gasteiger partial charge >= 0.3 is 6.18 Å². The molecule has 1 aliphatic rings. The summed E-state index contributed by atoms with van der Waals surface area (Å²) >= 11 is 5.85. The first-order valence-corrected chi connectivity index (χ1v) is 10.1. The molecule has 0 aliphatic carbocycles. The molecular weight excluding hydrogens is 436 g/mol. The van der Waals surface area contributed by atoms with Gasteiger partial charge in [-0.2, -0.15) is 13.2 Å². The normalized spacial score (nSPS) is 15.7. The SMILES string of the molecule is CC(Cc1ccc(C(F)(F)F)cc1)C(=O)N1CCN(C(=O)c2cc(Cl)ccc2F)CC1. The molecular formula is C22H21ClF4N2O2. The molecule has 2 amide bonds. The maximum atomic E-state index is 13.9. The van der Waals surface area contributed by atoms with Gasteiger partial charge in [-0.3, -0.25) is 9.59 Å². The summed E-state index contributed by atoms with van der Waals surface area (Å²) in [5.41, 5.74) is -0.200. The van der Waals surface area contributed by atoms with Crippen molar-refractivity contribution in [2.24, 2.45) is 5.92 Å². The van der Waals surface area contributed by atoms with Crippen LogP contribution in [0.2, 0.25) is 5.02 Å². The standard InChI is InChI=1S/C22H21ClF4N2O2/c1-14(12-15-2-4-16(5-3-15)22(25,26)27)20(30)28-8-10-29(11-9-28)21(31)18-13-17(23)6-7-19(18)24/h2-7,13-14H,8-12H2,1H3. The first kappa shape index (κ1) is 23.1. The van der Waals surface area contributed by atoms with Crippen molar-refractivity contribution in [3.63, 3.8) is 0 Å². The molecule has 0 bridgehead atoms. The topological polar surface area (TPSA) is 40.6 Å². The summed E-state index contributed by atoms with van der Waals surface area (Å²) in [5.74, 6) is -1.70. The van der Waals surface area contributed by atoms with Crippen LogP contribution in [0.15, 0.2) is 42.5 Å². The largest absolute Gasteiger partial charge is 0.416 e. The summed E-state index contributed by atoms with van der Waals surface area (Å²) in [6, 6.07) is 8.55. The van der Waals surface area contributed by atoms with E-state index < -0.39 is 29.4 Å². The molecule has 1 aliphatic heterocycles. The van der Waals surface area contributed by atoms with Gasteiger partial charge in [0.05, 0.1) is 11.1 Å². The van der Waals surface area contributed by atoms with Crippen molar-refractivity contribution in [3.8, 4) is 0 Å². The van der Waals surface area contributed by atoms with Crippen LogP contribution in [0.3, 0.4) is 0 Å². The maximum Gasteiger partial charge on any atom is 0.416 e. The second-order valence-electron chi connectivity index (χ2n) is 7.54. The Kier molecular flexibility index (Phi) is 6.89. The molecule has 31 heavy (non-hydrogen) atoms. The maximum absolute atomic E-state index is 13.9. The van der Waals surface area contributed by atoms with Gasteiger partial charge in [0.15, 0.2) is 0 Å². The van der Waals surface area contributed by atoms with Gasteiger partial charge < -0.3 is 9.80 Å². The van der Waals surface area contributed by atoms with E-state index >= 15 is 0 Å². The third-order valence-corrected chi connectivity index (χ3v) is 5.52. The summed E-state index contributed by atoms with van der Waals surface area (Å²) in [6.07, 6.45) is -4.09. The Bertz CT molecular complexity index is 955. The van der Waals surface area contributed by atoms with Crippen LogP contribution in [0.25, 0.3) is 0 Å². The molecule has 2 aromatic rings. The highest BCUT2D eigenvalue weighted by Gasteiger charge is 2.31. The van der Waals surface area contributed by atoms with Gasteiger partial charge in [0, 0.05) is 37.1 Å². The van der Waals surface area contributed by atoms with E-state index in [0.29, 0.717) is 25.1 Å². The molecule has 9 heteroatoms. The zero-order valence-corrected chi connectivity index (χ0v) is 17.5. The van der Waals surface area contributed by atoms with Crippen molar-refractivity contribution < 1.29 is 27.2 Å². The van der Waals surface area contributed by atoms with Gasteiger partial charge in [0.25, 0.3) is 5.91 Å². The van der Waals surface area contributed by atoms with Gasteiger partial charge in [0.1, 0.15) is 5.82 Å². The monoisotopic (exact) mass is 456 g/mol. The third-order valence-electron chi connectivity index (χ3n) is 5.28. The molecule has 0 radical (unpaired) electrons. The number of carbonyl (C=O) groups is 2. The fraction of sp³-hybridized carbons (Fsp3) is 0.364. The number of piperazine rings is 1. The minimum atomic E-state index is -4.40. The Morgan fingerprint density at radius 1 is 1.00 bits per heavy atom. The quantitative estimate of drug-likeness (QED) is 0.628. The van der Waals surface area contributed by atoms with Gasteiger partial charge in [-0.1, -0.05) is 30.7 Å². The number of rotatable bonds is 4. The molecule has 0 aromatic heterocycles. The van der Waals surface area contributed by atoms with Gasteiger partial charge in [-0.15, -0.1) is 0 Å². The van der Waals surface area contributed by atoms with E-state index in [-0.39, 0.29) is 29.6 Å². The number of hydrogen-bond acceptors (Lipinski definition) is 2. The smallest absolute Gasteiger partial charge is 0.339 e. The van der Waals surface area contributed by atoms with E-state index in [1.54, 1.807) is 11.8 Å². The average Bonchev–Trinajstić information content (AvgIpc) is 2.74. The number of nitrogens with zero attached hydrogens (tertiary/aromatic N) is 2. The Hall–Kier alpha value is -2.61. The molecule has 2 aromatic carbocycles. The Labute approximate surface area is 182 Å². The van der Waals surface area contributed by atoms with Gasteiger partial charge in [-0.25, -0.2) is 4.39 Å². The lowest BCUT2D eigenvalue weighted by Gasteiger charge is -2.36. The highest BCUT2D eigenvalue weighted by molar-refractivity contribution is 6.31. The zero-order valence-electron chi connectivity index (χ0n) is 16.8. The molecule has 1 heterocycles. The second-order valence-corrected chi connectivity index (χ2v) is 7.98. The van der Waals surface area contributed by atoms with Crippen molar-refractivity contribution in [1.82, 2.24) is 9.80 Å². The van der Waals surface area contributed by atoms with Crippen molar-refractivity contribution in [1.29, 1.82) is 0 Å². The third kappa shape index (κ3) is 5.55. The molecule has 4 nitrogen and oxygen atoms in total. The van der Waals surface area contributed by atoms with Crippen molar-refractivity contribution >= 4 is 23.4 Å². The Morgan fingerprint density at radius 3 is 2.16 bits per heavy atom. The van der Waals surface area contributed by atoms with E-state index in [9.17, 15) is 27.2 Å². The van der Waals surface area contributed by atoms with Crippen LogP contribution in [0.5, 0.6) is 0 Å². The van der Waals surface area contributed by atoms with E-state index in [0.717, 1.165) is 18.2 Å². The van der Waals surface area contributed by atoms with E-state index in [4.69, 9.17) is 11.6 Å². The summed E-state index contributed by atoms with van der Waals surface area (Å²) in [5, 5.41) is 0.260. The van der Waals surface area contributed by atoms with Crippen LogP contribution in [-0.4, -0.2) is 47.8 Å². The van der Waals surface area contributed by atoms with Crippen LogP contribution in [0.4, 0.5) is 17.6 Å². The number of benzene rings is 2. The Balaban J connectivity index is 1.56. The van der Waals surface area contributed by atoms with Crippen LogP contribution in [0.1, 0.15) is 28.4 Å². The lowest BCUT2D eigenvalue weighted by Crippen LogP contribution is -2.52.